The van der Waals surface area contributed by atoms with Gasteiger partial charge in [0.05, 0.1) is 22.3 Å². The number of rotatable bonds is 6. The molecule has 0 saturated carbocycles. The van der Waals surface area contributed by atoms with Gasteiger partial charge in [0.2, 0.25) is 5.91 Å². The van der Waals surface area contributed by atoms with Gasteiger partial charge in [-0.15, -0.1) is 0 Å². The molecule has 3 rings (SSSR count). The maximum atomic E-state index is 13.1. The molecule has 0 aliphatic carbocycles. The first-order valence-corrected chi connectivity index (χ1v) is 9.42. The Kier molecular flexibility index (Phi) is 6.34. The molecule has 0 N–H and O–H groups in total. The molecule has 1 amide bonds. The Morgan fingerprint density at radius 2 is 1.96 bits per heavy atom. The number of carbonyl (C=O) groups excluding carboxylic acids is 1. The summed E-state index contributed by atoms with van der Waals surface area (Å²) in [6.45, 7) is 2.61. The highest BCUT2D eigenvalue weighted by molar-refractivity contribution is 6.42. The molecule has 7 heteroatoms. The molecule has 0 spiro atoms. The number of oxime groups is 1. The third kappa shape index (κ3) is 4.99. The topological polar surface area (TPSA) is 41.9 Å². The van der Waals surface area contributed by atoms with E-state index in [1.807, 2.05) is 13.0 Å². The monoisotopic (exact) mass is 408 g/mol. The summed E-state index contributed by atoms with van der Waals surface area (Å²) in [5.41, 5.74) is 2.48. The van der Waals surface area contributed by atoms with Crippen molar-refractivity contribution in [2.75, 3.05) is 6.54 Å². The normalized spacial score (nSPS) is 16.0. The summed E-state index contributed by atoms with van der Waals surface area (Å²) < 4.78 is 13.1. The van der Waals surface area contributed by atoms with Gasteiger partial charge in [-0.2, -0.15) is 0 Å². The van der Waals surface area contributed by atoms with Crippen LogP contribution >= 0.6 is 23.2 Å². The lowest BCUT2D eigenvalue weighted by Crippen LogP contribution is -2.36. The van der Waals surface area contributed by atoms with Gasteiger partial charge in [0.15, 0.2) is 6.10 Å². The molecular weight excluding hydrogens is 390 g/mol. The second-order valence-corrected chi connectivity index (χ2v) is 7.17. The summed E-state index contributed by atoms with van der Waals surface area (Å²) >= 11 is 12.0. The molecule has 0 fully saturated rings. The van der Waals surface area contributed by atoms with E-state index in [0.29, 0.717) is 36.0 Å². The molecule has 0 saturated heterocycles. The molecule has 142 valence electrons. The highest BCUT2D eigenvalue weighted by Crippen LogP contribution is 2.26. The van der Waals surface area contributed by atoms with Crippen molar-refractivity contribution in [3.63, 3.8) is 0 Å². The maximum absolute atomic E-state index is 13.1. The number of hydrogen-bond donors (Lipinski definition) is 0. The summed E-state index contributed by atoms with van der Waals surface area (Å²) in [7, 11) is 0. The molecule has 0 bridgehead atoms. The molecule has 1 atom stereocenters. The average molecular weight is 409 g/mol. The van der Waals surface area contributed by atoms with Gasteiger partial charge >= 0.3 is 0 Å². The SMILES string of the molecule is CCC(=O)N(Cc1ccc(F)cc1)CC1CC(c2ccc(Cl)c(Cl)c2)=NO1. The molecule has 1 unspecified atom stereocenters. The van der Waals surface area contributed by atoms with Crippen LogP contribution in [0.5, 0.6) is 0 Å². The lowest BCUT2D eigenvalue weighted by molar-refractivity contribution is -0.133. The van der Waals surface area contributed by atoms with Crippen LogP contribution in [0.2, 0.25) is 10.0 Å². The number of carbonyl (C=O) groups is 1. The van der Waals surface area contributed by atoms with Crippen molar-refractivity contribution in [2.24, 2.45) is 5.16 Å². The van der Waals surface area contributed by atoms with Crippen LogP contribution in [0.4, 0.5) is 4.39 Å². The molecule has 1 heterocycles. The molecule has 0 radical (unpaired) electrons. The van der Waals surface area contributed by atoms with Gasteiger partial charge in [-0.05, 0) is 29.8 Å². The quantitative estimate of drug-likeness (QED) is 0.669. The number of amides is 1. The third-order valence-electron chi connectivity index (χ3n) is 4.35. The fourth-order valence-electron chi connectivity index (χ4n) is 2.91. The Hall–Kier alpha value is -2.11. The third-order valence-corrected chi connectivity index (χ3v) is 5.09. The van der Waals surface area contributed by atoms with Crippen molar-refractivity contribution in [3.05, 3.63) is 69.5 Å². The Bertz CT molecular complexity index is 856. The number of nitrogens with zero attached hydrogens (tertiary/aromatic N) is 2. The summed E-state index contributed by atoms with van der Waals surface area (Å²) in [6, 6.07) is 11.4. The second kappa shape index (κ2) is 8.72. The largest absolute Gasteiger partial charge is 0.390 e. The van der Waals surface area contributed by atoms with Gasteiger partial charge in [0.1, 0.15) is 5.82 Å². The number of halogens is 3. The predicted octanol–water partition coefficient (Wildman–Crippen LogP) is 5.06. The van der Waals surface area contributed by atoms with Crippen LogP contribution in [-0.4, -0.2) is 29.2 Å². The molecule has 2 aromatic carbocycles. The van der Waals surface area contributed by atoms with E-state index in [0.717, 1.165) is 16.8 Å². The van der Waals surface area contributed by atoms with Crippen molar-refractivity contribution in [1.82, 2.24) is 4.90 Å². The van der Waals surface area contributed by atoms with Crippen molar-refractivity contribution < 1.29 is 14.0 Å². The average Bonchev–Trinajstić information content (AvgIpc) is 3.13. The highest BCUT2D eigenvalue weighted by atomic mass is 35.5. The van der Waals surface area contributed by atoms with Crippen LogP contribution < -0.4 is 0 Å². The number of benzene rings is 2. The first kappa shape index (κ1) is 19.6. The van der Waals surface area contributed by atoms with Crippen molar-refractivity contribution >= 4 is 34.8 Å². The molecular formula is C20H19Cl2FN2O2. The van der Waals surface area contributed by atoms with E-state index >= 15 is 0 Å². The zero-order valence-corrected chi connectivity index (χ0v) is 16.3. The summed E-state index contributed by atoms with van der Waals surface area (Å²) in [5, 5.41) is 5.08. The summed E-state index contributed by atoms with van der Waals surface area (Å²) in [4.78, 5) is 19.6. The fourth-order valence-corrected chi connectivity index (χ4v) is 3.20. The van der Waals surface area contributed by atoms with E-state index < -0.39 is 0 Å². The van der Waals surface area contributed by atoms with Gasteiger partial charge in [0, 0.05) is 24.9 Å². The van der Waals surface area contributed by atoms with Crippen LogP contribution in [0.25, 0.3) is 0 Å². The Balaban J connectivity index is 1.65. The molecule has 27 heavy (non-hydrogen) atoms. The van der Waals surface area contributed by atoms with Crippen LogP contribution in [0, 0.1) is 5.82 Å². The second-order valence-electron chi connectivity index (χ2n) is 6.35. The Morgan fingerprint density at radius 1 is 1.22 bits per heavy atom. The minimum atomic E-state index is -0.300. The maximum Gasteiger partial charge on any atom is 0.222 e. The van der Waals surface area contributed by atoms with Crippen LogP contribution in [-0.2, 0) is 16.2 Å². The molecule has 0 aromatic heterocycles. The minimum absolute atomic E-state index is 0.00547. The molecule has 4 nitrogen and oxygen atoms in total. The van der Waals surface area contributed by atoms with E-state index in [2.05, 4.69) is 5.16 Å². The van der Waals surface area contributed by atoms with Crippen LogP contribution in [0.3, 0.4) is 0 Å². The zero-order valence-electron chi connectivity index (χ0n) is 14.8. The lowest BCUT2D eigenvalue weighted by Gasteiger charge is -2.24. The first-order valence-electron chi connectivity index (χ1n) is 8.66. The molecule has 1 aliphatic rings. The van der Waals surface area contributed by atoms with E-state index in [9.17, 15) is 9.18 Å². The van der Waals surface area contributed by atoms with E-state index in [4.69, 9.17) is 28.0 Å². The minimum Gasteiger partial charge on any atom is -0.390 e. The number of hydrogen-bond acceptors (Lipinski definition) is 3. The van der Waals surface area contributed by atoms with E-state index in [1.54, 1.807) is 29.2 Å². The van der Waals surface area contributed by atoms with Gasteiger partial charge in [-0.3, -0.25) is 4.79 Å². The van der Waals surface area contributed by atoms with Crippen molar-refractivity contribution in [1.29, 1.82) is 0 Å². The predicted molar refractivity (Wildman–Crippen MR) is 105 cm³/mol. The zero-order chi connectivity index (χ0) is 19.4. The summed E-state index contributed by atoms with van der Waals surface area (Å²) in [5.74, 6) is -0.295. The van der Waals surface area contributed by atoms with Gasteiger partial charge in [-0.25, -0.2) is 4.39 Å². The summed E-state index contributed by atoms with van der Waals surface area (Å²) in [6.07, 6.45) is 0.703. The Labute approximate surface area is 167 Å². The van der Waals surface area contributed by atoms with Gasteiger partial charge in [0.25, 0.3) is 0 Å². The van der Waals surface area contributed by atoms with E-state index in [-0.39, 0.29) is 17.8 Å². The highest BCUT2D eigenvalue weighted by Gasteiger charge is 2.26. The fraction of sp³-hybridized carbons (Fsp3) is 0.300. The van der Waals surface area contributed by atoms with Gasteiger partial charge in [-0.1, -0.05) is 53.5 Å². The lowest BCUT2D eigenvalue weighted by atomic mass is 10.0. The van der Waals surface area contributed by atoms with Crippen molar-refractivity contribution in [2.45, 2.75) is 32.4 Å². The smallest absolute Gasteiger partial charge is 0.222 e. The Morgan fingerprint density at radius 3 is 2.63 bits per heavy atom. The first-order chi connectivity index (χ1) is 13.0. The molecule has 2 aromatic rings. The van der Waals surface area contributed by atoms with Crippen LogP contribution in [0.1, 0.15) is 30.9 Å². The van der Waals surface area contributed by atoms with Gasteiger partial charge < -0.3 is 9.74 Å². The molecule has 1 aliphatic heterocycles. The van der Waals surface area contributed by atoms with Crippen molar-refractivity contribution in [3.8, 4) is 0 Å². The standard InChI is InChI=1S/C20H19Cl2FN2O2/c1-2-20(26)25(11-13-3-6-15(23)7-4-13)12-16-10-19(24-27-16)14-5-8-17(21)18(22)9-14/h3-9,16H,2,10-12H2,1H3. The van der Waals surface area contributed by atoms with Crippen LogP contribution in [0.15, 0.2) is 47.6 Å². The van der Waals surface area contributed by atoms with E-state index in [1.165, 1.54) is 12.1 Å².